The number of carbonyl (C=O) groups excluding carboxylic acids is 1. The maximum Gasteiger partial charge on any atom is 0.405 e. The molecule has 2 aromatic rings. The molecule has 11 heteroatoms. The number of methoxy groups -OCH3 is 1. The predicted octanol–water partition coefficient (Wildman–Crippen LogP) is 2.50. The van der Waals surface area contributed by atoms with E-state index in [4.69, 9.17) is 4.74 Å². The van der Waals surface area contributed by atoms with E-state index in [-0.39, 0.29) is 12.4 Å². The Bertz CT molecular complexity index is 993. The molecular formula is C21H27FN4O6. The zero-order valence-corrected chi connectivity index (χ0v) is 18.4. The highest BCUT2D eigenvalue weighted by molar-refractivity contribution is 5.95. The molecule has 0 saturated heterocycles. The van der Waals surface area contributed by atoms with Crippen LogP contribution in [-0.4, -0.2) is 50.5 Å². The van der Waals surface area contributed by atoms with Gasteiger partial charge in [0, 0.05) is 13.7 Å². The summed E-state index contributed by atoms with van der Waals surface area (Å²) in [6.07, 6.45) is -2.23. The highest BCUT2D eigenvalue weighted by Crippen LogP contribution is 2.38. The normalized spacial score (nSPS) is 14.3. The van der Waals surface area contributed by atoms with Gasteiger partial charge >= 0.3 is 6.09 Å². The molecule has 2 amide bonds. The Morgan fingerprint density at radius 1 is 1.12 bits per heavy atom. The Hall–Kier alpha value is -3.47. The number of aromatic hydroxyl groups is 2. The van der Waals surface area contributed by atoms with Crippen LogP contribution in [0.2, 0.25) is 0 Å². The van der Waals surface area contributed by atoms with E-state index in [2.05, 4.69) is 20.6 Å². The zero-order chi connectivity index (χ0) is 24.3. The van der Waals surface area contributed by atoms with E-state index in [1.807, 2.05) is 0 Å². The number of halogens is 1. The average Bonchev–Trinajstić information content (AvgIpc) is 2.68. The van der Waals surface area contributed by atoms with Crippen LogP contribution in [0.25, 0.3) is 0 Å². The molecule has 1 heterocycles. The largest absolute Gasteiger partial charge is 0.501 e. The topological polar surface area (TPSA) is 154 Å². The number of ether oxygens (including phenoxy) is 1. The summed E-state index contributed by atoms with van der Waals surface area (Å²) in [4.78, 5) is 32.1. The lowest BCUT2D eigenvalue weighted by Gasteiger charge is -2.42. The van der Waals surface area contributed by atoms with E-state index in [1.165, 1.54) is 38.3 Å². The van der Waals surface area contributed by atoms with Crippen LogP contribution in [0.15, 0.2) is 24.3 Å². The molecular weight excluding hydrogens is 423 g/mol. The van der Waals surface area contributed by atoms with Gasteiger partial charge in [-0.3, -0.25) is 4.79 Å². The van der Waals surface area contributed by atoms with Crippen LogP contribution in [0.3, 0.4) is 0 Å². The van der Waals surface area contributed by atoms with Crippen molar-refractivity contribution in [1.82, 2.24) is 20.6 Å². The van der Waals surface area contributed by atoms with Gasteiger partial charge in [-0.25, -0.2) is 14.2 Å². The number of rotatable bonds is 7. The number of nitrogens with one attached hydrogen (secondary N) is 2. The second-order valence-corrected chi connectivity index (χ2v) is 8.49. The summed E-state index contributed by atoms with van der Waals surface area (Å²) < 4.78 is 18.6. The molecule has 1 aromatic carbocycles. The molecule has 0 aliphatic heterocycles. The molecule has 0 bridgehead atoms. The molecule has 32 heavy (non-hydrogen) atoms. The standard InChI is InChI=1S/C21H27FN4O6/c1-20(2,3)17(32-5)21(4,26-19(30)31)18-24-13(14(27)16(29)25-18)15(28)23-10-11-6-8-12(22)9-7-11/h6-9,17,26-27H,10H2,1-5H3,(H,23,28)(H,30,31)(H,24,25,29). The van der Waals surface area contributed by atoms with Gasteiger partial charge in [0.25, 0.3) is 11.8 Å². The number of hydrogen-bond acceptors (Lipinski definition) is 7. The van der Waals surface area contributed by atoms with Crippen molar-refractivity contribution in [1.29, 1.82) is 0 Å². The molecule has 5 N–H and O–H groups in total. The van der Waals surface area contributed by atoms with E-state index in [9.17, 15) is 29.3 Å². The lowest BCUT2D eigenvalue weighted by atomic mass is 9.76. The van der Waals surface area contributed by atoms with Crippen LogP contribution in [0.4, 0.5) is 9.18 Å². The number of amides is 2. The maximum atomic E-state index is 13.0. The van der Waals surface area contributed by atoms with Gasteiger partial charge in [-0.05, 0) is 30.0 Å². The molecule has 0 radical (unpaired) electrons. The third kappa shape index (κ3) is 5.41. The molecule has 0 spiro atoms. The first-order chi connectivity index (χ1) is 14.8. The van der Waals surface area contributed by atoms with E-state index in [0.717, 1.165) is 0 Å². The SMILES string of the molecule is COC(C(C)(C)C)C(C)(NC(=O)O)c1nc(O)c(O)c(C(=O)NCc2ccc(F)cc2)n1. The highest BCUT2D eigenvalue weighted by atomic mass is 19.1. The van der Waals surface area contributed by atoms with Gasteiger partial charge in [0.2, 0.25) is 5.75 Å². The molecule has 2 atom stereocenters. The van der Waals surface area contributed by atoms with Crippen LogP contribution in [-0.2, 0) is 16.8 Å². The number of carbonyl (C=O) groups is 2. The predicted molar refractivity (Wildman–Crippen MR) is 112 cm³/mol. The molecule has 2 unspecified atom stereocenters. The van der Waals surface area contributed by atoms with Gasteiger partial charge in [-0.2, -0.15) is 4.98 Å². The van der Waals surface area contributed by atoms with Gasteiger partial charge in [0.1, 0.15) is 11.4 Å². The van der Waals surface area contributed by atoms with Crippen molar-refractivity contribution in [3.05, 3.63) is 47.2 Å². The molecule has 0 aliphatic carbocycles. The monoisotopic (exact) mass is 450 g/mol. The molecule has 0 aliphatic rings. The van der Waals surface area contributed by atoms with Crippen LogP contribution in [0.5, 0.6) is 11.6 Å². The lowest BCUT2D eigenvalue weighted by molar-refractivity contribution is -0.0507. The van der Waals surface area contributed by atoms with Crippen LogP contribution >= 0.6 is 0 Å². The Morgan fingerprint density at radius 3 is 2.22 bits per heavy atom. The Kier molecular flexibility index (Phi) is 7.24. The number of aromatic nitrogens is 2. The van der Waals surface area contributed by atoms with E-state index in [1.54, 1.807) is 20.8 Å². The molecule has 174 valence electrons. The van der Waals surface area contributed by atoms with Crippen LogP contribution in [0, 0.1) is 11.2 Å². The number of benzene rings is 1. The summed E-state index contributed by atoms with van der Waals surface area (Å²) in [5, 5.41) is 34.6. The number of hydrogen-bond donors (Lipinski definition) is 5. The maximum absolute atomic E-state index is 13.0. The highest BCUT2D eigenvalue weighted by Gasteiger charge is 2.47. The fourth-order valence-electron chi connectivity index (χ4n) is 3.62. The average molecular weight is 450 g/mol. The van der Waals surface area contributed by atoms with Crippen molar-refractivity contribution >= 4 is 12.0 Å². The molecule has 0 saturated carbocycles. The first kappa shape index (κ1) is 24.8. The van der Waals surface area contributed by atoms with Gasteiger partial charge < -0.3 is 30.7 Å². The molecule has 0 fully saturated rings. The molecule has 2 rings (SSSR count). The summed E-state index contributed by atoms with van der Waals surface area (Å²) >= 11 is 0. The summed E-state index contributed by atoms with van der Waals surface area (Å²) in [5.74, 6) is -3.33. The summed E-state index contributed by atoms with van der Waals surface area (Å²) in [6, 6.07) is 5.40. The van der Waals surface area contributed by atoms with Crippen LogP contribution in [0.1, 0.15) is 49.6 Å². The second kappa shape index (κ2) is 9.35. The van der Waals surface area contributed by atoms with Crippen molar-refractivity contribution in [3.63, 3.8) is 0 Å². The minimum Gasteiger partial charge on any atom is -0.501 e. The Morgan fingerprint density at radius 2 is 1.72 bits per heavy atom. The first-order valence-electron chi connectivity index (χ1n) is 9.66. The van der Waals surface area contributed by atoms with Gasteiger partial charge in [-0.1, -0.05) is 32.9 Å². The van der Waals surface area contributed by atoms with Gasteiger partial charge in [0.15, 0.2) is 11.5 Å². The van der Waals surface area contributed by atoms with Crippen molar-refractivity contribution in [2.75, 3.05) is 7.11 Å². The third-order valence-electron chi connectivity index (χ3n) is 4.82. The summed E-state index contributed by atoms with van der Waals surface area (Å²) in [6.45, 7) is 6.86. The van der Waals surface area contributed by atoms with E-state index >= 15 is 0 Å². The summed E-state index contributed by atoms with van der Waals surface area (Å²) in [7, 11) is 1.38. The minimum atomic E-state index is -1.60. The first-order valence-corrected chi connectivity index (χ1v) is 9.66. The van der Waals surface area contributed by atoms with Crippen molar-refractivity contribution in [2.45, 2.75) is 45.9 Å². The second-order valence-electron chi connectivity index (χ2n) is 8.49. The minimum absolute atomic E-state index is 0.00795. The van der Waals surface area contributed by atoms with E-state index < -0.39 is 52.2 Å². The number of nitrogens with zero attached hydrogens (tertiary/aromatic N) is 2. The fraction of sp³-hybridized carbons (Fsp3) is 0.429. The van der Waals surface area contributed by atoms with Gasteiger partial charge in [0.05, 0.1) is 6.10 Å². The molecule has 1 aromatic heterocycles. The quantitative estimate of drug-likeness (QED) is 0.431. The smallest absolute Gasteiger partial charge is 0.405 e. The van der Waals surface area contributed by atoms with E-state index in [0.29, 0.717) is 5.56 Å². The van der Waals surface area contributed by atoms with Crippen LogP contribution < -0.4 is 10.6 Å². The van der Waals surface area contributed by atoms with Gasteiger partial charge in [-0.15, -0.1) is 0 Å². The number of carboxylic acid groups (broad SMARTS) is 1. The Labute approximate surface area is 184 Å². The zero-order valence-electron chi connectivity index (χ0n) is 18.4. The Balaban J connectivity index is 2.48. The van der Waals surface area contributed by atoms with Crippen molar-refractivity contribution < 1.29 is 34.0 Å². The van der Waals surface area contributed by atoms with Crippen molar-refractivity contribution in [3.8, 4) is 11.6 Å². The summed E-state index contributed by atoms with van der Waals surface area (Å²) in [5.41, 5.74) is -2.19. The lowest BCUT2D eigenvalue weighted by Crippen LogP contribution is -2.57. The third-order valence-corrected chi connectivity index (χ3v) is 4.82. The van der Waals surface area contributed by atoms with Crippen molar-refractivity contribution in [2.24, 2.45) is 5.41 Å². The molecule has 10 nitrogen and oxygen atoms in total. The fourth-order valence-corrected chi connectivity index (χ4v) is 3.62.